The van der Waals surface area contributed by atoms with Gasteiger partial charge in [-0.1, -0.05) is 32.9 Å². The number of hydrogen-bond acceptors (Lipinski definition) is 6. The quantitative estimate of drug-likeness (QED) is 0.158. The van der Waals surface area contributed by atoms with Crippen LogP contribution < -0.4 is 0 Å². The van der Waals surface area contributed by atoms with Crippen LogP contribution in [0.15, 0.2) is 25.3 Å². The molecule has 0 saturated carbocycles. The lowest BCUT2D eigenvalue weighted by Gasteiger charge is -2.45. The minimum atomic E-state index is -1.08. The van der Waals surface area contributed by atoms with Crippen LogP contribution in [-0.2, 0) is 23.9 Å². The summed E-state index contributed by atoms with van der Waals surface area (Å²) in [6, 6.07) is -0.833. The van der Waals surface area contributed by atoms with Crippen molar-refractivity contribution in [3.63, 3.8) is 0 Å². The highest BCUT2D eigenvalue weighted by Crippen LogP contribution is 2.63. The molecule has 41 heavy (non-hydrogen) atoms. The molecule has 3 rings (SSSR count). The number of esters is 1. The lowest BCUT2D eigenvalue weighted by Crippen LogP contribution is -2.61. The first-order valence-corrected chi connectivity index (χ1v) is 15.5. The summed E-state index contributed by atoms with van der Waals surface area (Å²) in [5, 5.41) is 9.30. The number of aliphatic hydroxyl groups is 1. The van der Waals surface area contributed by atoms with Crippen LogP contribution in [0.4, 0.5) is 0 Å². The Kier molecular flexibility index (Phi) is 10.6. The molecule has 0 aromatic heterocycles. The van der Waals surface area contributed by atoms with Gasteiger partial charge in [-0.15, -0.1) is 13.2 Å². The van der Waals surface area contributed by atoms with Crippen molar-refractivity contribution in [1.29, 1.82) is 0 Å². The molecule has 2 unspecified atom stereocenters. The molecular weight excluding hydrogens is 520 g/mol. The Morgan fingerprint density at radius 1 is 1.10 bits per heavy atom. The van der Waals surface area contributed by atoms with E-state index in [-0.39, 0.29) is 30.4 Å². The summed E-state index contributed by atoms with van der Waals surface area (Å²) < 4.78 is 12.5. The standard InChI is InChI=1S/C33H54N2O6/c1-9-11-12-16-22-40-29(39)25-24-27(37)34(20-14-13-15-21-36)26(33(24)18-17-32(25,8)41-33)28(38)35(19-10-2)31(6,7)23-30(3,4)5/h9-10,24-26,36H,1-2,11-23H2,3-8H3/t24-,25-,26?,32+,33?/m0/s1. The Balaban J connectivity index is 1.99. The number of unbranched alkanes of at least 4 members (excludes halogenated alkanes) is 4. The molecule has 2 amide bonds. The first-order chi connectivity index (χ1) is 19.2. The number of nitrogens with zero attached hydrogens (tertiary/aromatic N) is 2. The van der Waals surface area contributed by atoms with Gasteiger partial charge in [0.05, 0.1) is 18.1 Å². The van der Waals surface area contributed by atoms with Gasteiger partial charge in [-0.3, -0.25) is 14.4 Å². The summed E-state index contributed by atoms with van der Waals surface area (Å²) >= 11 is 0. The predicted molar refractivity (Wildman–Crippen MR) is 160 cm³/mol. The average molecular weight is 575 g/mol. The fourth-order valence-corrected chi connectivity index (χ4v) is 7.83. The Labute approximate surface area is 247 Å². The molecule has 8 heteroatoms. The molecule has 0 aromatic rings. The van der Waals surface area contributed by atoms with Crippen molar-refractivity contribution in [2.75, 3.05) is 26.3 Å². The number of carbonyl (C=O) groups excluding carboxylic acids is 3. The molecule has 3 aliphatic rings. The van der Waals surface area contributed by atoms with Crippen molar-refractivity contribution in [3.8, 4) is 0 Å². The van der Waals surface area contributed by atoms with E-state index in [2.05, 4.69) is 47.8 Å². The maximum Gasteiger partial charge on any atom is 0.312 e. The molecule has 0 radical (unpaired) electrons. The highest BCUT2D eigenvalue weighted by atomic mass is 16.6. The van der Waals surface area contributed by atoms with Gasteiger partial charge >= 0.3 is 5.97 Å². The lowest BCUT2D eigenvalue weighted by molar-refractivity contribution is -0.161. The van der Waals surface area contributed by atoms with Gasteiger partial charge in [0.15, 0.2) is 0 Å². The number of rotatable bonds is 16. The van der Waals surface area contributed by atoms with Crippen molar-refractivity contribution >= 4 is 17.8 Å². The molecule has 232 valence electrons. The smallest absolute Gasteiger partial charge is 0.312 e. The molecule has 8 nitrogen and oxygen atoms in total. The highest BCUT2D eigenvalue weighted by molar-refractivity contribution is 5.98. The Morgan fingerprint density at radius 2 is 1.80 bits per heavy atom. The molecule has 3 fully saturated rings. The van der Waals surface area contributed by atoms with Gasteiger partial charge < -0.3 is 24.4 Å². The summed E-state index contributed by atoms with van der Waals surface area (Å²) in [5.41, 5.74) is -2.47. The van der Waals surface area contributed by atoms with E-state index < -0.39 is 40.6 Å². The molecule has 0 aliphatic carbocycles. The van der Waals surface area contributed by atoms with Gasteiger partial charge in [0.1, 0.15) is 17.6 Å². The normalized spacial score (nSPS) is 29.0. The topological polar surface area (TPSA) is 96.4 Å². The van der Waals surface area contributed by atoms with Crippen molar-refractivity contribution in [3.05, 3.63) is 25.3 Å². The molecule has 3 saturated heterocycles. The maximum atomic E-state index is 14.7. The Morgan fingerprint density at radius 3 is 2.41 bits per heavy atom. The zero-order chi connectivity index (χ0) is 30.6. The third kappa shape index (κ3) is 6.74. The number of carbonyl (C=O) groups is 3. The van der Waals surface area contributed by atoms with Gasteiger partial charge in [-0.05, 0) is 84.0 Å². The van der Waals surface area contributed by atoms with Gasteiger partial charge in [0.25, 0.3) is 0 Å². The van der Waals surface area contributed by atoms with Crippen LogP contribution in [0.1, 0.15) is 99.3 Å². The zero-order valence-electron chi connectivity index (χ0n) is 26.4. The number of amides is 2. The zero-order valence-corrected chi connectivity index (χ0v) is 26.4. The minimum Gasteiger partial charge on any atom is -0.465 e. The molecular formula is C33H54N2O6. The molecule has 5 atom stereocenters. The van der Waals surface area contributed by atoms with E-state index in [4.69, 9.17) is 9.47 Å². The monoisotopic (exact) mass is 574 g/mol. The van der Waals surface area contributed by atoms with Crippen LogP contribution in [0.2, 0.25) is 0 Å². The van der Waals surface area contributed by atoms with Crippen LogP contribution in [0.5, 0.6) is 0 Å². The number of likely N-dealkylation sites (tertiary alicyclic amines) is 1. The Hall–Kier alpha value is -2.19. The molecule has 2 bridgehead atoms. The Bertz CT molecular complexity index is 987. The fourth-order valence-electron chi connectivity index (χ4n) is 7.83. The average Bonchev–Trinajstić information content (AvgIpc) is 3.43. The largest absolute Gasteiger partial charge is 0.465 e. The SMILES string of the molecule is C=CCCCCOC(=O)[C@@H]1[C@H]2C(=O)N(CCCCCO)C(C(=O)N(CC=C)C(C)(C)CC(C)(C)C)C23CC[C@@]1(C)O3. The maximum absolute atomic E-state index is 14.7. The van der Waals surface area contributed by atoms with E-state index in [0.717, 1.165) is 32.1 Å². The van der Waals surface area contributed by atoms with Crippen molar-refractivity contribution in [2.24, 2.45) is 17.3 Å². The predicted octanol–water partition coefficient (Wildman–Crippen LogP) is 5.04. The van der Waals surface area contributed by atoms with Crippen LogP contribution in [0.3, 0.4) is 0 Å². The fraction of sp³-hybridized carbons (Fsp3) is 0.788. The third-order valence-electron chi connectivity index (χ3n) is 9.14. The molecule has 1 N–H and O–H groups in total. The summed E-state index contributed by atoms with van der Waals surface area (Å²) in [5.74, 6) is -2.27. The number of ether oxygens (including phenoxy) is 2. The summed E-state index contributed by atoms with van der Waals surface area (Å²) in [6.07, 6.45) is 9.94. The van der Waals surface area contributed by atoms with Gasteiger partial charge in [-0.2, -0.15) is 0 Å². The van der Waals surface area contributed by atoms with E-state index >= 15 is 0 Å². The van der Waals surface area contributed by atoms with Crippen LogP contribution >= 0.6 is 0 Å². The second-order valence-corrected chi connectivity index (χ2v) is 14.3. The summed E-state index contributed by atoms with van der Waals surface area (Å²) in [4.78, 5) is 46.1. The van der Waals surface area contributed by atoms with E-state index in [0.29, 0.717) is 38.8 Å². The van der Waals surface area contributed by atoms with E-state index in [9.17, 15) is 19.5 Å². The number of aliphatic hydroxyl groups excluding tert-OH is 1. The van der Waals surface area contributed by atoms with Gasteiger partial charge in [0, 0.05) is 25.2 Å². The van der Waals surface area contributed by atoms with Crippen molar-refractivity contribution < 1.29 is 29.0 Å². The summed E-state index contributed by atoms with van der Waals surface area (Å²) in [6.45, 7) is 21.3. The van der Waals surface area contributed by atoms with Crippen molar-refractivity contribution in [2.45, 2.75) is 122 Å². The summed E-state index contributed by atoms with van der Waals surface area (Å²) in [7, 11) is 0. The van der Waals surface area contributed by atoms with E-state index in [1.165, 1.54) is 0 Å². The minimum absolute atomic E-state index is 0.0319. The van der Waals surface area contributed by atoms with Gasteiger partial charge in [0.2, 0.25) is 11.8 Å². The molecule has 3 aliphatic heterocycles. The van der Waals surface area contributed by atoms with Crippen molar-refractivity contribution in [1.82, 2.24) is 9.80 Å². The first kappa shape index (κ1) is 33.3. The molecule has 0 aromatic carbocycles. The second kappa shape index (κ2) is 13.0. The van der Waals surface area contributed by atoms with E-state index in [1.54, 1.807) is 11.0 Å². The highest BCUT2D eigenvalue weighted by Gasteiger charge is 2.78. The number of allylic oxidation sites excluding steroid dienone is 1. The second-order valence-electron chi connectivity index (χ2n) is 14.3. The molecule has 3 heterocycles. The number of hydrogen-bond donors (Lipinski definition) is 1. The van der Waals surface area contributed by atoms with Crippen LogP contribution in [0, 0.1) is 17.3 Å². The number of fused-ring (bicyclic) bond motifs is 1. The van der Waals surface area contributed by atoms with Gasteiger partial charge in [-0.25, -0.2) is 0 Å². The molecule has 1 spiro atoms. The van der Waals surface area contributed by atoms with Crippen LogP contribution in [0.25, 0.3) is 0 Å². The third-order valence-corrected chi connectivity index (χ3v) is 9.14. The first-order valence-electron chi connectivity index (χ1n) is 15.5. The lowest BCUT2D eigenvalue weighted by atomic mass is 9.66. The van der Waals surface area contributed by atoms with Crippen LogP contribution in [-0.4, -0.2) is 81.8 Å². The van der Waals surface area contributed by atoms with E-state index in [1.807, 2.05) is 17.9 Å².